The fourth-order valence-electron chi connectivity index (χ4n) is 2.17. The lowest BCUT2D eigenvalue weighted by Gasteiger charge is -2.33. The van der Waals surface area contributed by atoms with Crippen LogP contribution in [0.5, 0.6) is 0 Å². The first-order valence-corrected chi connectivity index (χ1v) is 7.27. The van der Waals surface area contributed by atoms with Crippen LogP contribution in [0.2, 0.25) is 5.02 Å². The molecule has 0 heterocycles. The molecule has 0 aliphatic rings. The highest BCUT2D eigenvalue weighted by molar-refractivity contribution is 9.10. The maximum atomic E-state index is 6.28. The van der Waals surface area contributed by atoms with Crippen LogP contribution in [0.1, 0.15) is 32.4 Å². The first-order chi connectivity index (χ1) is 8.24. The van der Waals surface area contributed by atoms with Crippen molar-refractivity contribution in [3.05, 3.63) is 33.3 Å². The number of halogens is 2. The van der Waals surface area contributed by atoms with Crippen molar-refractivity contribution in [2.45, 2.75) is 26.8 Å². The standard InChI is InChI=1S/C14H22BrClN2/c1-14(2,3)9-18(4)13(8-17)11-7-10(15)5-6-12(11)16/h5-7,13H,8-9,17H2,1-4H3. The molecule has 2 nitrogen and oxygen atoms in total. The Labute approximate surface area is 124 Å². The van der Waals surface area contributed by atoms with Crippen molar-refractivity contribution in [3.8, 4) is 0 Å². The van der Waals surface area contributed by atoms with E-state index < -0.39 is 0 Å². The first-order valence-electron chi connectivity index (χ1n) is 6.10. The van der Waals surface area contributed by atoms with Crippen LogP contribution in [0.25, 0.3) is 0 Å². The van der Waals surface area contributed by atoms with E-state index in [1.54, 1.807) is 0 Å². The minimum absolute atomic E-state index is 0.147. The summed E-state index contributed by atoms with van der Waals surface area (Å²) in [6, 6.07) is 6.06. The molecule has 0 amide bonds. The molecule has 0 aliphatic heterocycles. The van der Waals surface area contributed by atoms with Gasteiger partial charge in [-0.25, -0.2) is 0 Å². The van der Waals surface area contributed by atoms with Gasteiger partial charge in [-0.2, -0.15) is 0 Å². The van der Waals surface area contributed by atoms with Crippen LogP contribution in [0.4, 0.5) is 0 Å². The van der Waals surface area contributed by atoms with Gasteiger partial charge in [-0.05, 0) is 36.2 Å². The largest absolute Gasteiger partial charge is 0.329 e. The second-order valence-electron chi connectivity index (χ2n) is 5.89. The number of nitrogens with zero attached hydrogens (tertiary/aromatic N) is 1. The molecule has 0 aliphatic carbocycles. The zero-order chi connectivity index (χ0) is 13.9. The second-order valence-corrected chi connectivity index (χ2v) is 7.22. The van der Waals surface area contributed by atoms with Gasteiger partial charge in [0.25, 0.3) is 0 Å². The van der Waals surface area contributed by atoms with E-state index in [2.05, 4.69) is 54.7 Å². The molecule has 0 saturated heterocycles. The van der Waals surface area contributed by atoms with Crippen molar-refractivity contribution in [1.29, 1.82) is 0 Å². The van der Waals surface area contributed by atoms with E-state index in [-0.39, 0.29) is 11.5 Å². The molecule has 0 radical (unpaired) electrons. The average molecular weight is 334 g/mol. The van der Waals surface area contributed by atoms with Gasteiger partial charge < -0.3 is 5.73 Å². The third-order valence-electron chi connectivity index (χ3n) is 2.80. The average Bonchev–Trinajstić information content (AvgIpc) is 2.21. The fraction of sp³-hybridized carbons (Fsp3) is 0.571. The van der Waals surface area contributed by atoms with E-state index in [1.807, 2.05) is 12.1 Å². The lowest BCUT2D eigenvalue weighted by atomic mass is 9.94. The van der Waals surface area contributed by atoms with Gasteiger partial charge in [-0.3, -0.25) is 4.90 Å². The Hall–Kier alpha value is -0.0900. The molecule has 1 rings (SSSR count). The SMILES string of the molecule is CN(CC(C)(C)C)C(CN)c1cc(Br)ccc1Cl. The lowest BCUT2D eigenvalue weighted by molar-refractivity contribution is 0.176. The number of likely N-dealkylation sites (N-methyl/N-ethyl adjacent to an activating group) is 1. The second kappa shape index (κ2) is 6.38. The van der Waals surface area contributed by atoms with Crippen molar-refractivity contribution in [3.63, 3.8) is 0 Å². The van der Waals surface area contributed by atoms with Crippen LogP contribution in [-0.4, -0.2) is 25.0 Å². The molecular formula is C14H22BrClN2. The number of rotatable bonds is 4. The van der Waals surface area contributed by atoms with Gasteiger partial charge in [0.05, 0.1) is 0 Å². The Morgan fingerprint density at radius 1 is 1.39 bits per heavy atom. The molecule has 1 atom stereocenters. The van der Waals surface area contributed by atoms with Crippen molar-refractivity contribution >= 4 is 27.5 Å². The highest BCUT2D eigenvalue weighted by Gasteiger charge is 2.22. The predicted molar refractivity (Wildman–Crippen MR) is 83.0 cm³/mol. The van der Waals surface area contributed by atoms with Crippen LogP contribution in [-0.2, 0) is 0 Å². The summed E-state index contributed by atoms with van der Waals surface area (Å²) < 4.78 is 1.03. The Balaban J connectivity index is 2.98. The van der Waals surface area contributed by atoms with E-state index >= 15 is 0 Å². The Kier molecular flexibility index (Phi) is 5.66. The summed E-state index contributed by atoms with van der Waals surface area (Å²) in [6.45, 7) is 8.19. The van der Waals surface area contributed by atoms with Gasteiger partial charge >= 0.3 is 0 Å². The Morgan fingerprint density at radius 3 is 2.50 bits per heavy atom. The molecule has 0 saturated carbocycles. The molecule has 0 spiro atoms. The third kappa shape index (κ3) is 4.54. The van der Waals surface area contributed by atoms with Crippen molar-refractivity contribution in [1.82, 2.24) is 4.90 Å². The zero-order valence-corrected chi connectivity index (χ0v) is 13.8. The maximum absolute atomic E-state index is 6.28. The normalized spacial score (nSPS) is 14.0. The Bertz CT molecular complexity index is 401. The molecular weight excluding hydrogens is 312 g/mol. The highest BCUT2D eigenvalue weighted by Crippen LogP contribution is 2.30. The molecule has 0 aromatic heterocycles. The summed E-state index contributed by atoms with van der Waals surface area (Å²) >= 11 is 9.77. The summed E-state index contributed by atoms with van der Waals surface area (Å²) in [5.41, 5.74) is 7.25. The number of hydrogen-bond donors (Lipinski definition) is 1. The quantitative estimate of drug-likeness (QED) is 0.899. The van der Waals surface area contributed by atoms with Gasteiger partial charge in [0.15, 0.2) is 0 Å². The van der Waals surface area contributed by atoms with E-state index in [9.17, 15) is 0 Å². The summed E-state index contributed by atoms with van der Waals surface area (Å²) in [6.07, 6.45) is 0. The maximum Gasteiger partial charge on any atom is 0.0482 e. The van der Waals surface area contributed by atoms with Gasteiger partial charge in [-0.1, -0.05) is 48.3 Å². The summed E-state index contributed by atoms with van der Waals surface area (Å²) in [4.78, 5) is 2.27. The molecule has 18 heavy (non-hydrogen) atoms. The van der Waals surface area contributed by atoms with Gasteiger partial charge in [-0.15, -0.1) is 0 Å². The lowest BCUT2D eigenvalue weighted by Crippen LogP contribution is -2.36. The smallest absolute Gasteiger partial charge is 0.0482 e. The molecule has 1 unspecified atom stereocenters. The van der Waals surface area contributed by atoms with Crippen LogP contribution in [0, 0.1) is 5.41 Å². The van der Waals surface area contributed by atoms with Crippen LogP contribution in [0.15, 0.2) is 22.7 Å². The predicted octanol–water partition coefficient (Wildman–Crippen LogP) is 4.08. The molecule has 1 aromatic carbocycles. The molecule has 0 bridgehead atoms. The van der Waals surface area contributed by atoms with E-state index in [1.165, 1.54) is 0 Å². The molecule has 1 aromatic rings. The van der Waals surface area contributed by atoms with Gasteiger partial charge in [0.1, 0.15) is 0 Å². The number of hydrogen-bond acceptors (Lipinski definition) is 2. The third-order valence-corrected chi connectivity index (χ3v) is 3.63. The summed E-state index contributed by atoms with van der Waals surface area (Å²) in [7, 11) is 2.10. The highest BCUT2D eigenvalue weighted by atomic mass is 79.9. The van der Waals surface area contributed by atoms with Crippen molar-refractivity contribution in [2.75, 3.05) is 20.1 Å². The minimum atomic E-state index is 0.147. The topological polar surface area (TPSA) is 29.3 Å². The molecule has 0 fully saturated rings. The molecule has 4 heteroatoms. The van der Waals surface area contributed by atoms with Gasteiger partial charge in [0, 0.05) is 28.6 Å². The number of nitrogens with two attached hydrogens (primary N) is 1. The summed E-state index contributed by atoms with van der Waals surface area (Å²) in [5.74, 6) is 0. The van der Waals surface area contributed by atoms with Crippen molar-refractivity contribution in [2.24, 2.45) is 11.1 Å². The van der Waals surface area contributed by atoms with Crippen LogP contribution < -0.4 is 5.73 Å². The fourth-order valence-corrected chi connectivity index (χ4v) is 2.79. The van der Waals surface area contributed by atoms with Crippen LogP contribution >= 0.6 is 27.5 Å². The Morgan fingerprint density at radius 2 is 2.00 bits per heavy atom. The van der Waals surface area contributed by atoms with Crippen LogP contribution in [0.3, 0.4) is 0 Å². The molecule has 2 N–H and O–H groups in total. The van der Waals surface area contributed by atoms with Crippen molar-refractivity contribution < 1.29 is 0 Å². The van der Waals surface area contributed by atoms with E-state index in [0.717, 1.165) is 21.6 Å². The van der Waals surface area contributed by atoms with Gasteiger partial charge in [0.2, 0.25) is 0 Å². The zero-order valence-electron chi connectivity index (χ0n) is 11.5. The summed E-state index contributed by atoms with van der Waals surface area (Å²) in [5, 5.41) is 0.773. The minimum Gasteiger partial charge on any atom is -0.329 e. The van der Waals surface area contributed by atoms with E-state index in [4.69, 9.17) is 17.3 Å². The monoisotopic (exact) mass is 332 g/mol. The first kappa shape index (κ1) is 16.0. The molecule has 102 valence electrons. The number of benzene rings is 1. The van der Waals surface area contributed by atoms with E-state index in [0.29, 0.717) is 6.54 Å².